The molecule has 0 N–H and O–H groups in total. The molecule has 28 heavy (non-hydrogen) atoms. The Bertz CT molecular complexity index is 1050. The van der Waals surface area contributed by atoms with Gasteiger partial charge in [0.05, 0.1) is 18.7 Å². The largest absolute Gasteiger partial charge is 0.493 e. The number of nitrogens with zero attached hydrogens (tertiary/aromatic N) is 2. The van der Waals surface area contributed by atoms with E-state index in [0.29, 0.717) is 10.7 Å². The summed E-state index contributed by atoms with van der Waals surface area (Å²) in [7, 11) is 0. The van der Waals surface area contributed by atoms with Crippen LogP contribution in [0.5, 0.6) is 5.75 Å². The third-order valence-electron chi connectivity index (χ3n) is 4.79. The van der Waals surface area contributed by atoms with Crippen LogP contribution in [0.25, 0.3) is 4.96 Å². The summed E-state index contributed by atoms with van der Waals surface area (Å²) < 4.78 is 12.5. The first kappa shape index (κ1) is 18.7. The summed E-state index contributed by atoms with van der Waals surface area (Å²) in [4.78, 5) is 30.9. The quantitative estimate of drug-likeness (QED) is 0.595. The summed E-state index contributed by atoms with van der Waals surface area (Å²) in [6.45, 7) is 2.25. The molecule has 1 aliphatic carbocycles. The predicted molar refractivity (Wildman–Crippen MR) is 107 cm³/mol. The minimum atomic E-state index is -0.375. The molecule has 0 aliphatic heterocycles. The van der Waals surface area contributed by atoms with Gasteiger partial charge < -0.3 is 9.47 Å². The number of carbonyl (C=O) groups is 1. The van der Waals surface area contributed by atoms with Crippen molar-refractivity contribution in [2.24, 2.45) is 0 Å². The van der Waals surface area contributed by atoms with Crippen LogP contribution in [0, 0.1) is 6.92 Å². The van der Waals surface area contributed by atoms with Crippen molar-refractivity contribution in [2.75, 3.05) is 6.61 Å². The highest BCUT2D eigenvalue weighted by Crippen LogP contribution is 2.28. The van der Waals surface area contributed by atoms with Gasteiger partial charge in [-0.05, 0) is 44.7 Å². The fourth-order valence-electron chi connectivity index (χ4n) is 3.33. The monoisotopic (exact) mass is 398 g/mol. The molecule has 0 saturated carbocycles. The topological polar surface area (TPSA) is 69.9 Å². The zero-order chi connectivity index (χ0) is 19.5. The molecule has 0 unspecified atom stereocenters. The molecule has 1 aliphatic rings. The highest BCUT2D eigenvalue weighted by atomic mass is 32.1. The van der Waals surface area contributed by atoms with Crippen molar-refractivity contribution in [1.29, 1.82) is 0 Å². The molecule has 0 amide bonds. The van der Waals surface area contributed by atoms with Crippen LogP contribution in [0.3, 0.4) is 0 Å². The minimum Gasteiger partial charge on any atom is -0.493 e. The van der Waals surface area contributed by atoms with Gasteiger partial charge in [-0.1, -0.05) is 17.7 Å². The zero-order valence-electron chi connectivity index (χ0n) is 15.8. The number of carbonyl (C=O) groups excluding carboxylic acids is 1. The molecule has 4 rings (SSSR count). The molecule has 6 nitrogen and oxygen atoms in total. The predicted octanol–water partition coefficient (Wildman–Crippen LogP) is 3.46. The van der Waals surface area contributed by atoms with Crippen molar-refractivity contribution < 1.29 is 14.3 Å². The van der Waals surface area contributed by atoms with Gasteiger partial charge in [0, 0.05) is 16.6 Å². The maximum absolute atomic E-state index is 12.5. The number of thiazole rings is 1. The molecule has 0 radical (unpaired) electrons. The summed E-state index contributed by atoms with van der Waals surface area (Å²) in [5.74, 6) is 0.347. The Labute approximate surface area is 166 Å². The number of hydrogen-bond acceptors (Lipinski definition) is 6. The van der Waals surface area contributed by atoms with E-state index in [-0.39, 0.29) is 31.2 Å². The molecule has 1 aromatic carbocycles. The normalized spacial score (nSPS) is 13.3. The molecule has 2 heterocycles. The van der Waals surface area contributed by atoms with Crippen molar-refractivity contribution in [1.82, 2.24) is 9.38 Å². The number of aryl methyl sites for hydroxylation is 3. The van der Waals surface area contributed by atoms with E-state index in [4.69, 9.17) is 9.47 Å². The lowest BCUT2D eigenvalue weighted by atomic mass is 10.0. The Balaban J connectivity index is 1.34. The molecule has 2 aromatic heterocycles. The Morgan fingerprint density at radius 2 is 2.00 bits per heavy atom. The number of rotatable bonds is 6. The van der Waals surface area contributed by atoms with Gasteiger partial charge in [-0.3, -0.25) is 14.0 Å². The molecule has 3 aromatic rings. The number of ether oxygens (including phenoxy) is 2. The molecule has 0 spiro atoms. The van der Waals surface area contributed by atoms with E-state index < -0.39 is 0 Å². The second-order valence-electron chi connectivity index (χ2n) is 6.95. The second kappa shape index (κ2) is 8.14. The summed E-state index contributed by atoms with van der Waals surface area (Å²) in [5.41, 5.74) is 2.63. The molecule has 0 atom stereocenters. The van der Waals surface area contributed by atoms with Gasteiger partial charge in [-0.2, -0.15) is 0 Å². The van der Waals surface area contributed by atoms with Gasteiger partial charge in [-0.15, -0.1) is 11.3 Å². The lowest BCUT2D eigenvalue weighted by Crippen LogP contribution is -2.19. The van der Waals surface area contributed by atoms with E-state index in [2.05, 4.69) is 4.98 Å². The van der Waals surface area contributed by atoms with Crippen molar-refractivity contribution in [3.8, 4) is 5.75 Å². The minimum absolute atomic E-state index is 0.00231. The Morgan fingerprint density at radius 1 is 1.21 bits per heavy atom. The van der Waals surface area contributed by atoms with E-state index in [1.165, 1.54) is 10.9 Å². The van der Waals surface area contributed by atoms with Crippen LogP contribution in [0.15, 0.2) is 35.1 Å². The zero-order valence-corrected chi connectivity index (χ0v) is 16.6. The molecule has 7 heteroatoms. The lowest BCUT2D eigenvalue weighted by Gasteiger charge is -2.10. The summed E-state index contributed by atoms with van der Waals surface area (Å²) >= 11 is 1.57. The molecule has 0 fully saturated rings. The molecule has 0 saturated heterocycles. The summed E-state index contributed by atoms with van der Waals surface area (Å²) in [5, 5.41) is 0. The fourth-order valence-corrected chi connectivity index (χ4v) is 4.56. The third kappa shape index (κ3) is 4.09. The van der Waals surface area contributed by atoms with E-state index >= 15 is 0 Å². The van der Waals surface area contributed by atoms with E-state index in [9.17, 15) is 9.59 Å². The standard InChI is InChI=1S/C21H22N2O4S/c1-14-6-8-16(9-7-14)26-11-10-20(25)27-13-15-12-19(24)23-17-4-2-3-5-18(17)28-21(23)22-15/h6-9,12H,2-5,10-11,13H2,1H3. The molecule has 0 bridgehead atoms. The maximum Gasteiger partial charge on any atom is 0.309 e. The van der Waals surface area contributed by atoms with Crippen LogP contribution in [-0.4, -0.2) is 22.0 Å². The van der Waals surface area contributed by atoms with Crippen LogP contribution in [-0.2, 0) is 29.0 Å². The lowest BCUT2D eigenvalue weighted by molar-refractivity contribution is -0.145. The third-order valence-corrected chi connectivity index (χ3v) is 5.93. The van der Waals surface area contributed by atoms with Crippen LogP contribution >= 0.6 is 11.3 Å². The van der Waals surface area contributed by atoms with E-state index in [1.807, 2.05) is 31.2 Å². The first-order valence-electron chi connectivity index (χ1n) is 9.48. The van der Waals surface area contributed by atoms with E-state index in [1.54, 1.807) is 15.7 Å². The smallest absolute Gasteiger partial charge is 0.309 e. The number of hydrogen-bond donors (Lipinski definition) is 0. The first-order valence-corrected chi connectivity index (χ1v) is 10.3. The van der Waals surface area contributed by atoms with Crippen LogP contribution < -0.4 is 10.3 Å². The van der Waals surface area contributed by atoms with E-state index in [0.717, 1.165) is 42.7 Å². The Morgan fingerprint density at radius 3 is 2.82 bits per heavy atom. The first-order chi connectivity index (χ1) is 13.6. The highest BCUT2D eigenvalue weighted by molar-refractivity contribution is 7.17. The Hall–Kier alpha value is -2.67. The average molecular weight is 398 g/mol. The van der Waals surface area contributed by atoms with Gasteiger partial charge in [0.15, 0.2) is 4.96 Å². The average Bonchev–Trinajstić information content (AvgIpc) is 3.07. The van der Waals surface area contributed by atoms with Crippen LogP contribution in [0.1, 0.15) is 41.1 Å². The van der Waals surface area contributed by atoms with Crippen molar-refractivity contribution >= 4 is 22.3 Å². The van der Waals surface area contributed by atoms with Crippen LogP contribution in [0.4, 0.5) is 0 Å². The number of benzene rings is 1. The van der Waals surface area contributed by atoms with Crippen molar-refractivity contribution in [2.45, 2.75) is 45.6 Å². The summed E-state index contributed by atoms with van der Waals surface area (Å²) in [6, 6.07) is 9.11. The van der Waals surface area contributed by atoms with Gasteiger partial charge in [-0.25, -0.2) is 4.98 Å². The number of fused-ring (bicyclic) bond motifs is 3. The number of aromatic nitrogens is 2. The van der Waals surface area contributed by atoms with Crippen LogP contribution in [0.2, 0.25) is 0 Å². The highest BCUT2D eigenvalue weighted by Gasteiger charge is 2.18. The Kier molecular flexibility index (Phi) is 5.43. The summed E-state index contributed by atoms with van der Waals surface area (Å²) in [6.07, 6.45) is 4.34. The fraction of sp³-hybridized carbons (Fsp3) is 0.381. The maximum atomic E-state index is 12.5. The number of esters is 1. The second-order valence-corrected chi connectivity index (χ2v) is 8.02. The molecular weight excluding hydrogens is 376 g/mol. The molecular formula is C21H22N2O4S. The van der Waals surface area contributed by atoms with Gasteiger partial charge in [0.25, 0.3) is 5.56 Å². The molecule has 146 valence electrons. The van der Waals surface area contributed by atoms with Crippen molar-refractivity contribution in [3.63, 3.8) is 0 Å². The van der Waals surface area contributed by atoms with Gasteiger partial charge in [0.2, 0.25) is 0 Å². The SMILES string of the molecule is Cc1ccc(OCCC(=O)OCc2cc(=O)n3c4c(sc3n2)CCCC4)cc1. The van der Waals surface area contributed by atoms with Gasteiger partial charge >= 0.3 is 5.97 Å². The van der Waals surface area contributed by atoms with Gasteiger partial charge in [0.1, 0.15) is 12.4 Å². The van der Waals surface area contributed by atoms with Crippen molar-refractivity contribution in [3.05, 3.63) is 62.5 Å².